The third-order valence-electron chi connectivity index (χ3n) is 2.01. The number of oxazole rings is 1. The van der Waals surface area contributed by atoms with Crippen molar-refractivity contribution < 1.29 is 4.42 Å². The summed E-state index contributed by atoms with van der Waals surface area (Å²) in [4.78, 5) is 7.90. The van der Waals surface area contributed by atoms with Crippen molar-refractivity contribution in [3.63, 3.8) is 0 Å². The van der Waals surface area contributed by atoms with Crippen LogP contribution in [-0.2, 0) is 6.54 Å². The van der Waals surface area contributed by atoms with Crippen LogP contribution in [0.15, 0.2) is 45.9 Å². The Labute approximate surface area is 92.8 Å². The highest BCUT2D eigenvalue weighted by atomic mass is 16.4. The lowest BCUT2D eigenvalue weighted by Crippen LogP contribution is -2.22. The van der Waals surface area contributed by atoms with E-state index in [1.54, 1.807) is 6.20 Å². The van der Waals surface area contributed by atoms with Crippen LogP contribution < -0.4 is 11.5 Å². The minimum atomic E-state index is 0.0273. The molecule has 0 aliphatic carbocycles. The highest BCUT2D eigenvalue weighted by Crippen LogP contribution is 2.19. The highest BCUT2D eigenvalue weighted by molar-refractivity contribution is 5.75. The fourth-order valence-electron chi connectivity index (χ4n) is 1.28. The molecule has 0 aliphatic rings. The SMILES string of the molecule is NC(N)=NCc1ncc(-c2ccccc2)o1. The molecule has 2 rings (SSSR count). The van der Waals surface area contributed by atoms with Crippen molar-refractivity contribution in [2.24, 2.45) is 16.5 Å². The number of nitrogens with zero attached hydrogens (tertiary/aromatic N) is 2. The predicted octanol–water partition coefficient (Wildman–Crippen LogP) is 1.12. The summed E-state index contributed by atoms with van der Waals surface area (Å²) in [5.74, 6) is 1.23. The van der Waals surface area contributed by atoms with Gasteiger partial charge in [-0.15, -0.1) is 0 Å². The molecule has 4 N–H and O–H groups in total. The van der Waals surface area contributed by atoms with Gasteiger partial charge in [0.1, 0.15) is 6.54 Å². The Morgan fingerprint density at radius 2 is 2.00 bits per heavy atom. The number of nitrogens with two attached hydrogens (primary N) is 2. The Kier molecular flexibility index (Phi) is 2.86. The predicted molar refractivity (Wildman–Crippen MR) is 61.5 cm³/mol. The quantitative estimate of drug-likeness (QED) is 0.594. The Bertz CT molecular complexity index is 486. The van der Waals surface area contributed by atoms with Crippen LogP contribution in [0.3, 0.4) is 0 Å². The van der Waals surface area contributed by atoms with Crippen molar-refractivity contribution in [1.29, 1.82) is 0 Å². The lowest BCUT2D eigenvalue weighted by atomic mass is 10.2. The van der Waals surface area contributed by atoms with Gasteiger partial charge in [0.2, 0.25) is 5.89 Å². The average molecular weight is 216 g/mol. The molecule has 0 aliphatic heterocycles. The highest BCUT2D eigenvalue weighted by Gasteiger charge is 2.04. The monoisotopic (exact) mass is 216 g/mol. The first-order valence-electron chi connectivity index (χ1n) is 4.81. The maximum Gasteiger partial charge on any atom is 0.216 e. The Morgan fingerprint density at radius 1 is 1.25 bits per heavy atom. The van der Waals surface area contributed by atoms with Crippen LogP contribution in [0.5, 0.6) is 0 Å². The molecule has 1 aromatic heterocycles. The number of hydrogen-bond donors (Lipinski definition) is 2. The molecule has 2 aromatic rings. The lowest BCUT2D eigenvalue weighted by Gasteiger charge is -1.94. The zero-order valence-electron chi connectivity index (χ0n) is 8.63. The Balaban J connectivity index is 2.17. The normalized spacial score (nSPS) is 10.0. The Hall–Kier alpha value is -2.30. The number of benzene rings is 1. The van der Waals surface area contributed by atoms with E-state index in [1.165, 1.54) is 0 Å². The first kappa shape index (κ1) is 10.2. The van der Waals surface area contributed by atoms with Crippen molar-refractivity contribution in [2.45, 2.75) is 6.54 Å². The van der Waals surface area contributed by atoms with E-state index in [9.17, 15) is 0 Å². The van der Waals surface area contributed by atoms with Gasteiger partial charge in [0.05, 0.1) is 6.20 Å². The molecule has 0 amide bonds. The van der Waals surface area contributed by atoms with Crippen LogP contribution >= 0.6 is 0 Å². The topological polar surface area (TPSA) is 90.4 Å². The largest absolute Gasteiger partial charge is 0.439 e. The minimum absolute atomic E-state index is 0.0273. The summed E-state index contributed by atoms with van der Waals surface area (Å²) in [6.45, 7) is 0.259. The van der Waals surface area contributed by atoms with E-state index in [1.807, 2.05) is 30.3 Å². The first-order valence-corrected chi connectivity index (χ1v) is 4.81. The molecule has 0 fully saturated rings. The van der Waals surface area contributed by atoms with E-state index in [2.05, 4.69) is 9.98 Å². The molecule has 82 valence electrons. The summed E-state index contributed by atoms with van der Waals surface area (Å²) in [6, 6.07) is 9.72. The summed E-state index contributed by atoms with van der Waals surface area (Å²) in [6.07, 6.45) is 1.66. The van der Waals surface area contributed by atoms with E-state index in [-0.39, 0.29) is 12.5 Å². The summed E-state index contributed by atoms with van der Waals surface area (Å²) in [5.41, 5.74) is 11.4. The van der Waals surface area contributed by atoms with Crippen molar-refractivity contribution in [3.05, 3.63) is 42.4 Å². The molecular weight excluding hydrogens is 204 g/mol. The van der Waals surface area contributed by atoms with Crippen LogP contribution in [0.2, 0.25) is 0 Å². The Morgan fingerprint density at radius 3 is 2.69 bits per heavy atom. The van der Waals surface area contributed by atoms with E-state index < -0.39 is 0 Å². The fraction of sp³-hybridized carbons (Fsp3) is 0.0909. The van der Waals surface area contributed by atoms with Crippen LogP contribution in [0.4, 0.5) is 0 Å². The van der Waals surface area contributed by atoms with Crippen molar-refractivity contribution in [3.8, 4) is 11.3 Å². The number of rotatable bonds is 3. The minimum Gasteiger partial charge on any atom is -0.439 e. The van der Waals surface area contributed by atoms with Crippen molar-refractivity contribution in [2.75, 3.05) is 0 Å². The second-order valence-corrected chi connectivity index (χ2v) is 3.23. The average Bonchev–Trinajstić information content (AvgIpc) is 2.76. The van der Waals surface area contributed by atoms with E-state index in [4.69, 9.17) is 15.9 Å². The van der Waals surface area contributed by atoms with Crippen molar-refractivity contribution >= 4 is 5.96 Å². The third-order valence-corrected chi connectivity index (χ3v) is 2.01. The van der Waals surface area contributed by atoms with Gasteiger partial charge in [-0.3, -0.25) is 0 Å². The molecule has 0 bridgehead atoms. The van der Waals surface area contributed by atoms with Gasteiger partial charge in [0, 0.05) is 5.56 Å². The fourth-order valence-corrected chi connectivity index (χ4v) is 1.28. The standard InChI is InChI=1S/C11H12N4O/c12-11(13)15-7-10-14-6-9(16-10)8-4-2-1-3-5-8/h1-6H,7H2,(H4,12,13,15). The van der Waals surface area contributed by atoms with Crippen molar-refractivity contribution in [1.82, 2.24) is 4.98 Å². The van der Waals surface area contributed by atoms with Crippen LogP contribution in [0.1, 0.15) is 5.89 Å². The maximum atomic E-state index is 5.49. The van der Waals surface area contributed by atoms with Crippen LogP contribution in [-0.4, -0.2) is 10.9 Å². The number of aliphatic imine (C=N–C) groups is 1. The molecule has 1 heterocycles. The molecule has 16 heavy (non-hydrogen) atoms. The molecule has 0 unspecified atom stereocenters. The van der Waals surface area contributed by atoms with Gasteiger partial charge in [-0.25, -0.2) is 9.98 Å². The number of guanidine groups is 1. The van der Waals surface area contributed by atoms with Crippen LogP contribution in [0, 0.1) is 0 Å². The summed E-state index contributed by atoms with van der Waals surface area (Å²) in [5, 5.41) is 0. The van der Waals surface area contributed by atoms with Gasteiger partial charge in [-0.05, 0) is 0 Å². The second kappa shape index (κ2) is 4.48. The van der Waals surface area contributed by atoms with Gasteiger partial charge >= 0.3 is 0 Å². The summed E-state index contributed by atoms with van der Waals surface area (Å²) < 4.78 is 5.49. The molecule has 5 nitrogen and oxygen atoms in total. The molecule has 5 heteroatoms. The van der Waals surface area contributed by atoms with Crippen LogP contribution in [0.25, 0.3) is 11.3 Å². The van der Waals surface area contributed by atoms with Gasteiger partial charge in [0.25, 0.3) is 0 Å². The lowest BCUT2D eigenvalue weighted by molar-refractivity contribution is 0.510. The summed E-state index contributed by atoms with van der Waals surface area (Å²) in [7, 11) is 0. The molecule has 1 aromatic carbocycles. The molecular formula is C11H12N4O. The van der Waals surface area contributed by atoms with Gasteiger partial charge in [0.15, 0.2) is 11.7 Å². The smallest absolute Gasteiger partial charge is 0.216 e. The second-order valence-electron chi connectivity index (χ2n) is 3.23. The zero-order chi connectivity index (χ0) is 11.4. The number of aromatic nitrogens is 1. The maximum absolute atomic E-state index is 5.49. The van der Waals surface area contributed by atoms with E-state index in [0.29, 0.717) is 11.7 Å². The number of hydrogen-bond acceptors (Lipinski definition) is 3. The first-order chi connectivity index (χ1) is 7.75. The van der Waals surface area contributed by atoms with E-state index >= 15 is 0 Å². The third kappa shape index (κ3) is 2.38. The molecule has 0 atom stereocenters. The van der Waals surface area contributed by atoms with Gasteiger partial charge < -0.3 is 15.9 Å². The molecule has 0 radical (unpaired) electrons. The molecule has 0 saturated heterocycles. The summed E-state index contributed by atoms with van der Waals surface area (Å²) >= 11 is 0. The van der Waals surface area contributed by atoms with E-state index in [0.717, 1.165) is 5.56 Å². The van der Waals surface area contributed by atoms with Gasteiger partial charge in [-0.1, -0.05) is 30.3 Å². The van der Waals surface area contributed by atoms with Gasteiger partial charge in [-0.2, -0.15) is 0 Å². The molecule has 0 spiro atoms. The zero-order valence-corrected chi connectivity index (χ0v) is 8.63. The molecule has 0 saturated carbocycles.